The molecule has 0 radical (unpaired) electrons. The second-order valence-electron chi connectivity index (χ2n) is 4.43. The van der Waals surface area contributed by atoms with Gasteiger partial charge in [-0.1, -0.05) is 12.6 Å². The maximum Gasteiger partial charge on any atom is 0.354 e. The van der Waals surface area contributed by atoms with Gasteiger partial charge < -0.3 is 19.5 Å². The van der Waals surface area contributed by atoms with Crippen molar-refractivity contribution in [3.05, 3.63) is 47.4 Å². The fraction of sp³-hybridized carbons (Fsp3) is 0.312. The lowest BCUT2D eigenvalue weighted by atomic mass is 10.1. The Kier molecular flexibility index (Phi) is 5.84. The van der Waals surface area contributed by atoms with E-state index >= 15 is 0 Å². The number of ether oxygens (including phenoxy) is 3. The number of hydrogen-bond donors (Lipinski definition) is 1. The van der Waals surface area contributed by atoms with Crippen LogP contribution in [0.5, 0.6) is 5.75 Å². The molecular weight excluding hydrogens is 270 g/mol. The Morgan fingerprint density at radius 3 is 2.38 bits per heavy atom. The minimum Gasteiger partial charge on any atom is -0.497 e. The smallest absolute Gasteiger partial charge is 0.354 e. The second-order valence-corrected chi connectivity index (χ2v) is 4.43. The lowest BCUT2D eigenvalue weighted by Crippen LogP contribution is -2.14. The standard InChI is InChI=1S/C16H21NO4/c1-10-7-8-13(12(3)15(10)20-5)17-14(16(18)21-6)9-11(2)19-4/h7-9,17H,2H2,1,3-6H3/b14-9-. The van der Waals surface area contributed by atoms with Crippen molar-refractivity contribution in [2.24, 2.45) is 0 Å². The van der Waals surface area contributed by atoms with Crippen molar-refractivity contribution in [1.29, 1.82) is 0 Å². The summed E-state index contributed by atoms with van der Waals surface area (Å²) in [6, 6.07) is 3.79. The van der Waals surface area contributed by atoms with E-state index in [1.807, 2.05) is 26.0 Å². The molecule has 0 aliphatic heterocycles. The molecule has 0 aliphatic rings. The van der Waals surface area contributed by atoms with Crippen LogP contribution in [-0.4, -0.2) is 27.3 Å². The Morgan fingerprint density at radius 2 is 1.86 bits per heavy atom. The highest BCUT2D eigenvalue weighted by Crippen LogP contribution is 2.30. The first-order valence-corrected chi connectivity index (χ1v) is 6.38. The van der Waals surface area contributed by atoms with E-state index in [-0.39, 0.29) is 5.70 Å². The fourth-order valence-electron chi connectivity index (χ4n) is 1.90. The SMILES string of the molecule is C=C(/C=C(\Nc1ccc(C)c(OC)c1C)C(=O)OC)OC. The number of aryl methyl sites for hydroxylation is 1. The first-order chi connectivity index (χ1) is 9.94. The molecule has 1 rings (SSSR count). The minimum atomic E-state index is -0.507. The molecule has 0 fully saturated rings. The van der Waals surface area contributed by atoms with Crippen LogP contribution in [0, 0.1) is 13.8 Å². The van der Waals surface area contributed by atoms with Crippen molar-refractivity contribution in [2.45, 2.75) is 13.8 Å². The van der Waals surface area contributed by atoms with Crippen molar-refractivity contribution in [2.75, 3.05) is 26.6 Å². The van der Waals surface area contributed by atoms with E-state index in [0.717, 1.165) is 22.6 Å². The maximum absolute atomic E-state index is 11.8. The zero-order chi connectivity index (χ0) is 16.0. The van der Waals surface area contributed by atoms with Gasteiger partial charge in [0.1, 0.15) is 17.2 Å². The van der Waals surface area contributed by atoms with Gasteiger partial charge in [0.15, 0.2) is 0 Å². The molecule has 0 bridgehead atoms. The zero-order valence-corrected chi connectivity index (χ0v) is 13.1. The van der Waals surface area contributed by atoms with Crippen LogP contribution in [0.4, 0.5) is 5.69 Å². The number of hydrogen-bond acceptors (Lipinski definition) is 5. The molecule has 1 aromatic carbocycles. The predicted octanol–water partition coefficient (Wildman–Crippen LogP) is 2.94. The van der Waals surface area contributed by atoms with E-state index in [1.54, 1.807) is 7.11 Å². The van der Waals surface area contributed by atoms with Gasteiger partial charge in [0.25, 0.3) is 0 Å². The largest absolute Gasteiger partial charge is 0.497 e. The van der Waals surface area contributed by atoms with Gasteiger partial charge in [0, 0.05) is 17.3 Å². The van der Waals surface area contributed by atoms with E-state index < -0.39 is 5.97 Å². The Morgan fingerprint density at radius 1 is 1.19 bits per heavy atom. The highest BCUT2D eigenvalue weighted by molar-refractivity contribution is 5.92. The molecule has 0 aliphatic carbocycles. The highest BCUT2D eigenvalue weighted by Gasteiger charge is 2.14. The number of rotatable bonds is 6. The summed E-state index contributed by atoms with van der Waals surface area (Å²) in [6.07, 6.45) is 1.48. The number of carbonyl (C=O) groups excluding carboxylic acids is 1. The summed E-state index contributed by atoms with van der Waals surface area (Å²) in [6.45, 7) is 7.54. The monoisotopic (exact) mass is 291 g/mol. The molecule has 0 spiro atoms. The van der Waals surface area contributed by atoms with Crippen LogP contribution in [0.3, 0.4) is 0 Å². The third-order valence-electron chi connectivity index (χ3n) is 3.05. The van der Waals surface area contributed by atoms with Crippen LogP contribution in [0.25, 0.3) is 0 Å². The summed E-state index contributed by atoms with van der Waals surface area (Å²) in [4.78, 5) is 11.8. The van der Waals surface area contributed by atoms with Gasteiger partial charge in [-0.05, 0) is 25.5 Å². The van der Waals surface area contributed by atoms with E-state index in [2.05, 4.69) is 11.9 Å². The van der Waals surface area contributed by atoms with E-state index in [1.165, 1.54) is 20.3 Å². The van der Waals surface area contributed by atoms with Crippen molar-refractivity contribution in [1.82, 2.24) is 0 Å². The van der Waals surface area contributed by atoms with Gasteiger partial charge in [-0.3, -0.25) is 0 Å². The second kappa shape index (κ2) is 7.38. The maximum atomic E-state index is 11.8. The van der Waals surface area contributed by atoms with Crippen LogP contribution >= 0.6 is 0 Å². The molecule has 0 unspecified atom stereocenters. The third-order valence-corrected chi connectivity index (χ3v) is 3.05. The molecule has 0 saturated heterocycles. The summed E-state index contributed by atoms with van der Waals surface area (Å²) >= 11 is 0. The lowest BCUT2D eigenvalue weighted by Gasteiger charge is -2.16. The Bertz CT molecular complexity index is 576. The fourth-order valence-corrected chi connectivity index (χ4v) is 1.90. The van der Waals surface area contributed by atoms with Crippen LogP contribution in [0.2, 0.25) is 0 Å². The number of esters is 1. The average Bonchev–Trinajstić information content (AvgIpc) is 2.48. The van der Waals surface area contributed by atoms with Gasteiger partial charge in [-0.15, -0.1) is 0 Å². The number of carbonyl (C=O) groups is 1. The van der Waals surface area contributed by atoms with Crippen LogP contribution in [0.15, 0.2) is 36.2 Å². The predicted molar refractivity (Wildman–Crippen MR) is 82.3 cm³/mol. The van der Waals surface area contributed by atoms with E-state index in [4.69, 9.17) is 14.2 Å². The van der Waals surface area contributed by atoms with Crippen LogP contribution in [-0.2, 0) is 14.3 Å². The zero-order valence-electron chi connectivity index (χ0n) is 13.1. The molecule has 114 valence electrons. The first-order valence-electron chi connectivity index (χ1n) is 6.38. The number of allylic oxidation sites excluding steroid dienone is 1. The molecule has 5 heteroatoms. The average molecular weight is 291 g/mol. The minimum absolute atomic E-state index is 0.235. The molecule has 21 heavy (non-hydrogen) atoms. The highest BCUT2D eigenvalue weighted by atomic mass is 16.5. The molecule has 0 amide bonds. The lowest BCUT2D eigenvalue weighted by molar-refractivity contribution is -0.135. The Hall–Kier alpha value is -2.43. The Balaban J connectivity index is 3.19. The number of benzene rings is 1. The Labute approximate surface area is 125 Å². The normalized spacial score (nSPS) is 10.8. The van der Waals surface area contributed by atoms with Crippen molar-refractivity contribution >= 4 is 11.7 Å². The summed E-state index contributed by atoms with van der Waals surface area (Å²) in [5, 5.41) is 3.03. The van der Waals surface area contributed by atoms with Gasteiger partial charge in [0.05, 0.1) is 21.3 Å². The van der Waals surface area contributed by atoms with Crippen LogP contribution < -0.4 is 10.1 Å². The summed E-state index contributed by atoms with van der Waals surface area (Å²) in [7, 11) is 4.41. The molecule has 0 heterocycles. The van der Waals surface area contributed by atoms with E-state index in [0.29, 0.717) is 5.76 Å². The van der Waals surface area contributed by atoms with E-state index in [9.17, 15) is 4.79 Å². The van der Waals surface area contributed by atoms with Gasteiger partial charge in [-0.25, -0.2) is 4.79 Å². The molecule has 1 aromatic rings. The van der Waals surface area contributed by atoms with Gasteiger partial charge >= 0.3 is 5.97 Å². The molecule has 0 saturated carbocycles. The molecule has 1 N–H and O–H groups in total. The summed E-state index contributed by atoms with van der Waals surface area (Å²) < 4.78 is 15.1. The molecular formula is C16H21NO4. The first kappa shape index (κ1) is 16.6. The molecule has 0 aromatic heterocycles. The summed E-state index contributed by atoms with van der Waals surface area (Å²) in [5.41, 5.74) is 2.90. The topological polar surface area (TPSA) is 56.8 Å². The molecule has 0 atom stereocenters. The van der Waals surface area contributed by atoms with Crippen molar-refractivity contribution in [3.8, 4) is 5.75 Å². The number of anilines is 1. The van der Waals surface area contributed by atoms with Crippen molar-refractivity contribution in [3.63, 3.8) is 0 Å². The third kappa shape index (κ3) is 4.02. The molecule has 5 nitrogen and oxygen atoms in total. The number of nitrogens with one attached hydrogen (secondary N) is 1. The van der Waals surface area contributed by atoms with Gasteiger partial charge in [-0.2, -0.15) is 0 Å². The summed E-state index contributed by atoms with van der Waals surface area (Å²) in [5.74, 6) is 0.613. The number of methoxy groups -OCH3 is 3. The quantitative estimate of drug-likeness (QED) is 0.378. The van der Waals surface area contributed by atoms with Crippen molar-refractivity contribution < 1.29 is 19.0 Å². The van der Waals surface area contributed by atoms with Gasteiger partial charge in [0.2, 0.25) is 0 Å². The van der Waals surface area contributed by atoms with Crippen LogP contribution in [0.1, 0.15) is 11.1 Å².